The van der Waals surface area contributed by atoms with E-state index in [1.807, 2.05) is 12.1 Å². The van der Waals surface area contributed by atoms with E-state index in [0.717, 1.165) is 36.1 Å². The number of hydrogen-bond donors (Lipinski definition) is 2. The smallest absolute Gasteiger partial charge is 0.213 e. The molecule has 0 bridgehead atoms. The van der Waals surface area contributed by atoms with Gasteiger partial charge in [-0.25, -0.2) is 4.98 Å². The van der Waals surface area contributed by atoms with E-state index in [1.54, 1.807) is 13.2 Å². The van der Waals surface area contributed by atoms with Gasteiger partial charge in [0.25, 0.3) is 0 Å². The zero-order valence-electron chi connectivity index (χ0n) is 15.4. The number of rotatable bonds is 6. The Balaban J connectivity index is 1.72. The van der Waals surface area contributed by atoms with Gasteiger partial charge in [0.05, 0.1) is 12.7 Å². The Bertz CT molecular complexity index is 686. The van der Waals surface area contributed by atoms with Gasteiger partial charge in [0.2, 0.25) is 5.89 Å². The lowest BCUT2D eigenvalue weighted by molar-refractivity contribution is 0.379. The lowest BCUT2D eigenvalue weighted by atomic mass is 9.94. The Morgan fingerprint density at radius 1 is 1.20 bits per heavy atom. The minimum Gasteiger partial charge on any atom is -0.443 e. The molecule has 6 heteroatoms. The summed E-state index contributed by atoms with van der Waals surface area (Å²) in [5.74, 6) is 2.29. The summed E-state index contributed by atoms with van der Waals surface area (Å²) >= 11 is 5.90. The molecule has 2 aromatic rings. The largest absolute Gasteiger partial charge is 0.443 e. The van der Waals surface area contributed by atoms with Gasteiger partial charge < -0.3 is 15.1 Å². The first-order valence-electron chi connectivity index (χ1n) is 8.52. The van der Waals surface area contributed by atoms with Gasteiger partial charge in [-0.2, -0.15) is 0 Å². The van der Waals surface area contributed by atoms with Crippen LogP contribution in [0.3, 0.4) is 0 Å². The Morgan fingerprint density at radius 3 is 2.52 bits per heavy atom. The van der Waals surface area contributed by atoms with E-state index in [2.05, 4.69) is 53.5 Å². The number of guanidine groups is 1. The van der Waals surface area contributed by atoms with E-state index in [-0.39, 0.29) is 5.41 Å². The lowest BCUT2D eigenvalue weighted by Crippen LogP contribution is -2.37. The minimum absolute atomic E-state index is 0.0349. The van der Waals surface area contributed by atoms with Crippen LogP contribution in [0.25, 0.3) is 0 Å². The number of hydrogen-bond acceptors (Lipinski definition) is 3. The van der Waals surface area contributed by atoms with Crippen LogP contribution in [0, 0.1) is 0 Å². The lowest BCUT2D eigenvalue weighted by Gasteiger charge is -2.13. The fraction of sp³-hybridized carbons (Fsp3) is 0.474. The molecular weight excluding hydrogens is 336 g/mol. The molecule has 136 valence electrons. The first-order valence-corrected chi connectivity index (χ1v) is 8.90. The highest BCUT2D eigenvalue weighted by Gasteiger charge is 2.19. The van der Waals surface area contributed by atoms with E-state index >= 15 is 0 Å². The molecule has 0 aliphatic carbocycles. The van der Waals surface area contributed by atoms with Crippen LogP contribution in [0.4, 0.5) is 0 Å². The van der Waals surface area contributed by atoms with Gasteiger partial charge in [0.1, 0.15) is 5.76 Å². The molecule has 0 saturated carbocycles. The highest BCUT2D eigenvalue weighted by molar-refractivity contribution is 6.30. The van der Waals surface area contributed by atoms with E-state index in [9.17, 15) is 0 Å². The van der Waals surface area contributed by atoms with Gasteiger partial charge in [-0.3, -0.25) is 4.99 Å². The van der Waals surface area contributed by atoms with Crippen molar-refractivity contribution in [2.24, 2.45) is 4.99 Å². The highest BCUT2D eigenvalue weighted by Crippen LogP contribution is 2.22. The molecule has 1 aromatic heterocycles. The minimum atomic E-state index is -0.0349. The van der Waals surface area contributed by atoms with Gasteiger partial charge >= 0.3 is 0 Å². The van der Waals surface area contributed by atoms with Gasteiger partial charge in [-0.1, -0.05) is 44.5 Å². The molecule has 0 atom stereocenters. The molecule has 0 radical (unpaired) electrons. The SMILES string of the molecule is CN=C(NCCCc1ccc(Cl)cc1)NCc1ncc(C(C)(C)C)o1. The van der Waals surface area contributed by atoms with Crippen molar-refractivity contribution in [3.05, 3.63) is 52.7 Å². The van der Waals surface area contributed by atoms with Crippen molar-refractivity contribution in [2.75, 3.05) is 13.6 Å². The average molecular weight is 363 g/mol. The van der Waals surface area contributed by atoms with Gasteiger partial charge in [0, 0.05) is 24.0 Å². The first-order chi connectivity index (χ1) is 11.9. The van der Waals surface area contributed by atoms with Crippen molar-refractivity contribution in [3.63, 3.8) is 0 Å². The van der Waals surface area contributed by atoms with E-state index < -0.39 is 0 Å². The van der Waals surface area contributed by atoms with E-state index in [1.165, 1.54) is 5.56 Å². The van der Waals surface area contributed by atoms with Crippen LogP contribution in [-0.2, 0) is 18.4 Å². The van der Waals surface area contributed by atoms with Crippen molar-refractivity contribution in [1.29, 1.82) is 0 Å². The number of nitrogens with zero attached hydrogens (tertiary/aromatic N) is 2. The maximum absolute atomic E-state index is 5.90. The molecule has 0 spiro atoms. The molecule has 0 aliphatic rings. The molecular formula is C19H27ClN4O. The van der Waals surface area contributed by atoms with Gasteiger partial charge in [0.15, 0.2) is 5.96 Å². The Hall–Kier alpha value is -2.01. The fourth-order valence-electron chi connectivity index (χ4n) is 2.27. The van der Waals surface area contributed by atoms with Crippen molar-refractivity contribution in [2.45, 2.75) is 45.6 Å². The number of oxazole rings is 1. The third-order valence-electron chi connectivity index (χ3n) is 3.77. The van der Waals surface area contributed by atoms with Crippen LogP contribution in [0.1, 0.15) is 44.4 Å². The Morgan fingerprint density at radius 2 is 1.92 bits per heavy atom. The summed E-state index contributed by atoms with van der Waals surface area (Å²) in [4.78, 5) is 8.53. The van der Waals surface area contributed by atoms with E-state index in [4.69, 9.17) is 16.0 Å². The third-order valence-corrected chi connectivity index (χ3v) is 4.02. The Kier molecular flexibility index (Phi) is 6.88. The number of benzene rings is 1. The van der Waals surface area contributed by atoms with Crippen LogP contribution in [0.2, 0.25) is 5.02 Å². The summed E-state index contributed by atoms with van der Waals surface area (Å²) in [6.07, 6.45) is 3.80. The average Bonchev–Trinajstić information content (AvgIpc) is 3.05. The second kappa shape index (κ2) is 8.90. The van der Waals surface area contributed by atoms with Crippen LogP contribution in [0.5, 0.6) is 0 Å². The third kappa shape index (κ3) is 6.42. The van der Waals surface area contributed by atoms with Crippen molar-refractivity contribution in [1.82, 2.24) is 15.6 Å². The number of halogens is 1. The predicted octanol–water partition coefficient (Wildman–Crippen LogP) is 3.92. The summed E-state index contributed by atoms with van der Waals surface area (Å²) in [5.41, 5.74) is 1.25. The fourth-order valence-corrected chi connectivity index (χ4v) is 2.40. The van der Waals surface area contributed by atoms with Crippen LogP contribution < -0.4 is 10.6 Å². The van der Waals surface area contributed by atoms with Crippen molar-refractivity contribution < 1.29 is 4.42 Å². The number of aryl methyl sites for hydroxylation is 1. The van der Waals surface area contributed by atoms with Crippen LogP contribution >= 0.6 is 11.6 Å². The van der Waals surface area contributed by atoms with Crippen LogP contribution in [-0.4, -0.2) is 24.5 Å². The molecule has 1 heterocycles. The molecule has 5 nitrogen and oxygen atoms in total. The molecule has 1 aromatic carbocycles. The van der Waals surface area contributed by atoms with Gasteiger partial charge in [-0.15, -0.1) is 0 Å². The summed E-state index contributed by atoms with van der Waals surface area (Å²) in [5, 5.41) is 7.29. The highest BCUT2D eigenvalue weighted by atomic mass is 35.5. The second-order valence-electron chi connectivity index (χ2n) is 6.95. The van der Waals surface area contributed by atoms with Gasteiger partial charge in [-0.05, 0) is 30.5 Å². The molecule has 0 fully saturated rings. The van der Waals surface area contributed by atoms with Crippen molar-refractivity contribution >= 4 is 17.6 Å². The quantitative estimate of drug-likeness (QED) is 0.464. The zero-order chi connectivity index (χ0) is 18.3. The summed E-state index contributed by atoms with van der Waals surface area (Å²) < 4.78 is 5.77. The van der Waals surface area contributed by atoms with Crippen molar-refractivity contribution in [3.8, 4) is 0 Å². The second-order valence-corrected chi connectivity index (χ2v) is 7.39. The molecule has 2 rings (SSSR count). The topological polar surface area (TPSA) is 62.5 Å². The van der Waals surface area contributed by atoms with Crippen LogP contribution in [0.15, 0.2) is 39.9 Å². The maximum Gasteiger partial charge on any atom is 0.213 e. The number of nitrogens with one attached hydrogen (secondary N) is 2. The number of aromatic nitrogens is 1. The standard InChI is InChI=1S/C19H27ClN4O/c1-19(2,3)16-12-23-17(25-16)13-24-18(21-4)22-11-5-6-14-7-9-15(20)10-8-14/h7-10,12H,5-6,11,13H2,1-4H3,(H2,21,22,24). The number of aliphatic imine (C=N–C) groups is 1. The summed E-state index contributed by atoms with van der Waals surface area (Å²) in [6.45, 7) is 7.65. The maximum atomic E-state index is 5.90. The van der Waals surface area contributed by atoms with E-state index in [0.29, 0.717) is 12.4 Å². The molecule has 25 heavy (non-hydrogen) atoms. The molecule has 0 saturated heterocycles. The normalized spacial score (nSPS) is 12.3. The molecule has 2 N–H and O–H groups in total. The predicted molar refractivity (Wildman–Crippen MR) is 103 cm³/mol. The molecule has 0 amide bonds. The first kappa shape index (κ1) is 19.3. The monoisotopic (exact) mass is 362 g/mol. The molecule has 0 aliphatic heterocycles. The summed E-state index contributed by atoms with van der Waals surface area (Å²) in [6, 6.07) is 7.97. The summed E-state index contributed by atoms with van der Waals surface area (Å²) in [7, 11) is 1.75. The Labute approximate surface area is 154 Å². The zero-order valence-corrected chi connectivity index (χ0v) is 16.2. The molecule has 0 unspecified atom stereocenters.